The van der Waals surface area contributed by atoms with Crippen molar-refractivity contribution >= 4 is 5.57 Å². The Morgan fingerprint density at radius 1 is 1.40 bits per heavy atom. The van der Waals surface area contributed by atoms with Crippen LogP contribution < -0.4 is 4.74 Å². The predicted molar refractivity (Wildman–Crippen MR) is 60.9 cm³/mol. The van der Waals surface area contributed by atoms with Crippen LogP contribution in [0.4, 0.5) is 0 Å². The van der Waals surface area contributed by atoms with E-state index in [0.29, 0.717) is 0 Å². The molecule has 1 N–H and O–H groups in total. The first-order valence-electron chi connectivity index (χ1n) is 5.24. The Hall–Kier alpha value is -1.28. The van der Waals surface area contributed by atoms with Crippen LogP contribution in [0.3, 0.4) is 0 Å². The van der Waals surface area contributed by atoms with Crippen molar-refractivity contribution in [1.82, 2.24) is 0 Å². The lowest BCUT2D eigenvalue weighted by Crippen LogP contribution is -1.93. The minimum Gasteiger partial charge on any atom is -0.496 e. The van der Waals surface area contributed by atoms with Crippen LogP contribution in [-0.4, -0.2) is 18.3 Å². The minimum atomic E-state index is -0.287. The van der Waals surface area contributed by atoms with Crippen molar-refractivity contribution in [2.75, 3.05) is 7.11 Å². The molecule has 0 aliphatic heterocycles. The highest BCUT2D eigenvalue weighted by Crippen LogP contribution is 2.34. The molecule has 0 radical (unpaired) electrons. The van der Waals surface area contributed by atoms with Gasteiger partial charge in [0.15, 0.2) is 0 Å². The maximum Gasteiger partial charge on any atom is 0.126 e. The van der Waals surface area contributed by atoms with Gasteiger partial charge in [0.05, 0.1) is 13.2 Å². The molecule has 1 atom stereocenters. The van der Waals surface area contributed by atoms with Gasteiger partial charge < -0.3 is 9.84 Å². The molecule has 0 saturated carbocycles. The largest absolute Gasteiger partial charge is 0.496 e. The van der Waals surface area contributed by atoms with Gasteiger partial charge in [0.1, 0.15) is 5.75 Å². The van der Waals surface area contributed by atoms with E-state index in [1.54, 1.807) is 7.11 Å². The number of rotatable bonds is 2. The van der Waals surface area contributed by atoms with Crippen molar-refractivity contribution in [3.05, 3.63) is 35.4 Å². The van der Waals surface area contributed by atoms with E-state index in [1.807, 2.05) is 18.2 Å². The molecule has 0 bridgehead atoms. The van der Waals surface area contributed by atoms with Crippen LogP contribution in [0.1, 0.15) is 24.0 Å². The summed E-state index contributed by atoms with van der Waals surface area (Å²) >= 11 is 0. The molecule has 0 amide bonds. The molecule has 0 aromatic heterocycles. The molecule has 0 heterocycles. The summed E-state index contributed by atoms with van der Waals surface area (Å²) in [6.07, 6.45) is 3.40. The number of methoxy groups -OCH3 is 1. The molecule has 15 heavy (non-hydrogen) atoms. The van der Waals surface area contributed by atoms with Gasteiger partial charge in [-0.15, -0.1) is 0 Å². The van der Waals surface area contributed by atoms with Crippen LogP contribution in [0.2, 0.25) is 0 Å². The zero-order valence-corrected chi connectivity index (χ0v) is 9.16. The van der Waals surface area contributed by atoms with Gasteiger partial charge in [-0.3, -0.25) is 0 Å². The molecule has 1 aliphatic carbocycles. The van der Waals surface area contributed by atoms with Crippen molar-refractivity contribution in [3.8, 4) is 5.75 Å². The van der Waals surface area contributed by atoms with E-state index < -0.39 is 0 Å². The highest BCUT2D eigenvalue weighted by molar-refractivity contribution is 5.73. The number of aliphatic hydroxyl groups excluding tert-OH is 1. The Labute approximate surface area is 90.2 Å². The second-order valence-corrected chi connectivity index (χ2v) is 4.00. The van der Waals surface area contributed by atoms with E-state index in [-0.39, 0.29) is 6.10 Å². The van der Waals surface area contributed by atoms with Crippen molar-refractivity contribution in [2.45, 2.75) is 25.9 Å². The van der Waals surface area contributed by atoms with E-state index in [4.69, 9.17) is 4.74 Å². The number of benzene rings is 1. The summed E-state index contributed by atoms with van der Waals surface area (Å²) in [5, 5.41) is 9.48. The average molecular weight is 204 g/mol. The summed E-state index contributed by atoms with van der Waals surface area (Å²) in [5.41, 5.74) is 3.53. The molecular weight excluding hydrogens is 188 g/mol. The van der Waals surface area contributed by atoms with Gasteiger partial charge in [0.25, 0.3) is 0 Å². The van der Waals surface area contributed by atoms with E-state index in [0.717, 1.165) is 24.2 Å². The first-order chi connectivity index (χ1) is 7.20. The molecule has 0 saturated heterocycles. The Morgan fingerprint density at radius 2 is 2.20 bits per heavy atom. The van der Waals surface area contributed by atoms with E-state index in [1.165, 1.54) is 11.1 Å². The molecule has 1 unspecified atom stereocenters. The topological polar surface area (TPSA) is 29.5 Å². The van der Waals surface area contributed by atoms with Crippen LogP contribution in [0.5, 0.6) is 5.75 Å². The molecule has 1 aliphatic rings. The highest BCUT2D eigenvalue weighted by Gasteiger charge is 2.17. The lowest BCUT2D eigenvalue weighted by atomic mass is 10.0. The Kier molecular flexibility index (Phi) is 2.78. The number of hydrogen-bond donors (Lipinski definition) is 1. The monoisotopic (exact) mass is 204 g/mol. The fraction of sp³-hybridized carbons (Fsp3) is 0.385. The zero-order chi connectivity index (χ0) is 10.8. The van der Waals surface area contributed by atoms with Gasteiger partial charge in [0, 0.05) is 5.56 Å². The highest BCUT2D eigenvalue weighted by atomic mass is 16.5. The van der Waals surface area contributed by atoms with Gasteiger partial charge in [0.2, 0.25) is 0 Å². The molecule has 1 aromatic carbocycles. The van der Waals surface area contributed by atoms with Crippen LogP contribution in [0, 0.1) is 6.92 Å². The predicted octanol–water partition coefficient (Wildman–Crippen LogP) is 2.54. The van der Waals surface area contributed by atoms with E-state index in [9.17, 15) is 5.11 Å². The third-order valence-corrected chi connectivity index (χ3v) is 2.80. The van der Waals surface area contributed by atoms with Gasteiger partial charge in [-0.1, -0.05) is 17.7 Å². The van der Waals surface area contributed by atoms with Crippen LogP contribution >= 0.6 is 0 Å². The molecule has 0 fully saturated rings. The molecule has 2 rings (SSSR count). The lowest BCUT2D eigenvalue weighted by Gasteiger charge is -2.09. The van der Waals surface area contributed by atoms with E-state index >= 15 is 0 Å². The molecule has 2 nitrogen and oxygen atoms in total. The maximum atomic E-state index is 9.48. The first-order valence-corrected chi connectivity index (χ1v) is 5.24. The average Bonchev–Trinajstić information content (AvgIpc) is 2.65. The van der Waals surface area contributed by atoms with Gasteiger partial charge in [-0.2, -0.15) is 0 Å². The number of hydrogen-bond acceptors (Lipinski definition) is 2. The number of allylic oxidation sites excluding steroid dienone is 1. The summed E-state index contributed by atoms with van der Waals surface area (Å²) in [5.74, 6) is 0.890. The summed E-state index contributed by atoms with van der Waals surface area (Å²) in [4.78, 5) is 0. The summed E-state index contributed by atoms with van der Waals surface area (Å²) in [6.45, 7) is 2.06. The fourth-order valence-electron chi connectivity index (χ4n) is 2.00. The second-order valence-electron chi connectivity index (χ2n) is 4.00. The quantitative estimate of drug-likeness (QED) is 0.802. The summed E-state index contributed by atoms with van der Waals surface area (Å²) in [6, 6.07) is 6.13. The van der Waals surface area contributed by atoms with Crippen molar-refractivity contribution in [2.24, 2.45) is 0 Å². The van der Waals surface area contributed by atoms with E-state index in [2.05, 4.69) is 13.0 Å². The van der Waals surface area contributed by atoms with Crippen LogP contribution in [0.25, 0.3) is 5.57 Å². The minimum absolute atomic E-state index is 0.287. The molecule has 1 aromatic rings. The maximum absolute atomic E-state index is 9.48. The van der Waals surface area contributed by atoms with Gasteiger partial charge in [-0.25, -0.2) is 0 Å². The third kappa shape index (κ3) is 2.05. The van der Waals surface area contributed by atoms with Crippen molar-refractivity contribution < 1.29 is 9.84 Å². The second kappa shape index (κ2) is 4.07. The van der Waals surface area contributed by atoms with Crippen LogP contribution in [-0.2, 0) is 0 Å². The summed E-state index contributed by atoms with van der Waals surface area (Å²) in [7, 11) is 1.68. The number of aryl methyl sites for hydroxylation is 1. The smallest absolute Gasteiger partial charge is 0.126 e. The number of ether oxygens (including phenoxy) is 1. The van der Waals surface area contributed by atoms with Crippen LogP contribution in [0.15, 0.2) is 24.3 Å². The Bertz CT molecular complexity index is 394. The Morgan fingerprint density at radius 3 is 2.80 bits per heavy atom. The Balaban J connectivity index is 2.42. The molecule has 80 valence electrons. The molecule has 0 spiro atoms. The molecular formula is C13H16O2. The van der Waals surface area contributed by atoms with Gasteiger partial charge in [-0.05, 0) is 37.5 Å². The normalized spacial score (nSPS) is 20.2. The first kappa shape index (κ1) is 10.2. The van der Waals surface area contributed by atoms with Crippen molar-refractivity contribution in [1.29, 1.82) is 0 Å². The van der Waals surface area contributed by atoms with Gasteiger partial charge >= 0.3 is 0 Å². The fourth-order valence-corrected chi connectivity index (χ4v) is 2.00. The summed E-state index contributed by atoms with van der Waals surface area (Å²) < 4.78 is 5.33. The number of aliphatic hydroxyl groups is 1. The molecule has 2 heteroatoms. The third-order valence-electron chi connectivity index (χ3n) is 2.80. The van der Waals surface area contributed by atoms with Crippen molar-refractivity contribution in [3.63, 3.8) is 0 Å². The SMILES string of the molecule is COc1ccc(C)cc1C1=CC(O)CC1. The lowest BCUT2D eigenvalue weighted by molar-refractivity contribution is 0.223. The zero-order valence-electron chi connectivity index (χ0n) is 9.16. The standard InChI is InChI=1S/C13H16O2/c1-9-3-6-13(15-2)12(7-9)10-4-5-11(14)8-10/h3,6-8,11,14H,4-5H2,1-2H3.